The predicted molar refractivity (Wildman–Crippen MR) is 108 cm³/mol. The van der Waals surface area contributed by atoms with Gasteiger partial charge in [-0.2, -0.15) is 0 Å². The summed E-state index contributed by atoms with van der Waals surface area (Å²) in [5.41, 5.74) is 1.26. The Labute approximate surface area is 172 Å². The third-order valence-corrected chi connectivity index (χ3v) is 6.23. The molecule has 150 valence electrons. The Bertz CT molecular complexity index is 1090. The summed E-state index contributed by atoms with van der Waals surface area (Å²) in [6.45, 7) is 0. The van der Waals surface area contributed by atoms with Crippen molar-refractivity contribution in [2.45, 2.75) is 6.42 Å². The van der Waals surface area contributed by atoms with Crippen molar-refractivity contribution in [2.75, 3.05) is 10.2 Å². The highest BCUT2D eigenvalue weighted by atomic mass is 16.4. The summed E-state index contributed by atoms with van der Waals surface area (Å²) in [6, 6.07) is 12.2. The van der Waals surface area contributed by atoms with Gasteiger partial charge < -0.3 is 10.4 Å². The van der Waals surface area contributed by atoms with Crippen molar-refractivity contribution in [3.63, 3.8) is 0 Å². The van der Waals surface area contributed by atoms with E-state index in [-0.39, 0.29) is 41.0 Å². The van der Waals surface area contributed by atoms with Crippen LogP contribution in [0.1, 0.15) is 27.1 Å². The first kappa shape index (κ1) is 18.3. The molecule has 3 aliphatic rings. The molecule has 0 radical (unpaired) electrons. The van der Waals surface area contributed by atoms with Gasteiger partial charge in [0.15, 0.2) is 0 Å². The first-order valence-electron chi connectivity index (χ1n) is 9.75. The molecule has 7 heteroatoms. The minimum Gasteiger partial charge on any atom is -0.478 e. The van der Waals surface area contributed by atoms with Gasteiger partial charge in [-0.05, 0) is 60.7 Å². The third-order valence-electron chi connectivity index (χ3n) is 6.23. The van der Waals surface area contributed by atoms with E-state index in [1.54, 1.807) is 18.2 Å². The lowest BCUT2D eigenvalue weighted by Crippen LogP contribution is -2.33. The van der Waals surface area contributed by atoms with E-state index >= 15 is 0 Å². The van der Waals surface area contributed by atoms with Gasteiger partial charge in [-0.15, -0.1) is 0 Å². The molecule has 30 heavy (non-hydrogen) atoms. The standard InChI is InChI=1S/C23H18N2O5/c26-20(24-16-8-6-12(7-9-16)23(29)30)15-2-1-3-17(11-15)25-21(27)18-13-4-5-14(10-13)19(18)22(25)28/h1-9,11,13-14,18-19H,10H2,(H,24,26)(H,29,30)/t13-,14-,18-,19+/m0/s1. The van der Waals surface area contributed by atoms with E-state index in [2.05, 4.69) is 5.32 Å². The summed E-state index contributed by atoms with van der Waals surface area (Å²) < 4.78 is 0. The second-order valence-corrected chi connectivity index (χ2v) is 7.90. The van der Waals surface area contributed by atoms with Crippen molar-refractivity contribution in [1.82, 2.24) is 0 Å². The molecule has 0 unspecified atom stereocenters. The van der Waals surface area contributed by atoms with Crippen LogP contribution >= 0.6 is 0 Å². The zero-order chi connectivity index (χ0) is 21.0. The number of carboxylic acid groups (broad SMARTS) is 1. The molecule has 2 aliphatic carbocycles. The van der Waals surface area contributed by atoms with Gasteiger partial charge in [-0.25, -0.2) is 9.69 Å². The molecule has 0 aromatic heterocycles. The predicted octanol–water partition coefficient (Wildman–Crippen LogP) is 2.95. The molecule has 4 atom stereocenters. The van der Waals surface area contributed by atoms with Gasteiger partial charge in [0.05, 0.1) is 23.1 Å². The van der Waals surface area contributed by atoms with Crippen LogP contribution in [0.25, 0.3) is 0 Å². The summed E-state index contributed by atoms with van der Waals surface area (Å²) >= 11 is 0. The van der Waals surface area contributed by atoms with Crippen LogP contribution in [0, 0.1) is 23.7 Å². The zero-order valence-corrected chi connectivity index (χ0v) is 15.8. The number of aromatic carboxylic acids is 1. The van der Waals surface area contributed by atoms with Crippen LogP contribution in [0.2, 0.25) is 0 Å². The van der Waals surface area contributed by atoms with E-state index in [4.69, 9.17) is 5.11 Å². The number of hydrogen-bond donors (Lipinski definition) is 2. The highest BCUT2D eigenvalue weighted by Gasteiger charge is 2.59. The maximum absolute atomic E-state index is 13.0. The molecule has 2 fully saturated rings. The van der Waals surface area contributed by atoms with Crippen LogP contribution < -0.4 is 10.2 Å². The second kappa shape index (κ2) is 6.66. The summed E-state index contributed by atoms with van der Waals surface area (Å²) in [5.74, 6) is -2.18. The third kappa shape index (κ3) is 2.74. The van der Waals surface area contributed by atoms with Crippen molar-refractivity contribution >= 4 is 35.1 Å². The molecule has 1 saturated carbocycles. The lowest BCUT2D eigenvalue weighted by molar-refractivity contribution is -0.123. The minimum atomic E-state index is -1.05. The Morgan fingerprint density at radius 3 is 2.13 bits per heavy atom. The number of allylic oxidation sites excluding steroid dienone is 2. The Hall–Kier alpha value is -3.74. The number of benzene rings is 2. The van der Waals surface area contributed by atoms with E-state index in [1.165, 1.54) is 35.2 Å². The number of carboxylic acids is 1. The molecule has 7 nitrogen and oxygen atoms in total. The topological polar surface area (TPSA) is 104 Å². The molecule has 1 saturated heterocycles. The Morgan fingerprint density at radius 1 is 0.900 bits per heavy atom. The fourth-order valence-electron chi connectivity index (χ4n) is 4.84. The molecular weight excluding hydrogens is 384 g/mol. The fraction of sp³-hybridized carbons (Fsp3) is 0.217. The maximum Gasteiger partial charge on any atom is 0.335 e. The first-order chi connectivity index (χ1) is 14.4. The summed E-state index contributed by atoms with van der Waals surface area (Å²) in [5, 5.41) is 11.7. The number of anilines is 2. The van der Waals surface area contributed by atoms with Crippen molar-refractivity contribution in [3.8, 4) is 0 Å². The van der Waals surface area contributed by atoms with Crippen molar-refractivity contribution in [3.05, 3.63) is 71.8 Å². The maximum atomic E-state index is 13.0. The second-order valence-electron chi connectivity index (χ2n) is 7.90. The quantitative estimate of drug-likeness (QED) is 0.605. The van der Waals surface area contributed by atoms with Crippen LogP contribution in [0.15, 0.2) is 60.7 Å². The van der Waals surface area contributed by atoms with Gasteiger partial charge in [-0.1, -0.05) is 18.2 Å². The van der Waals surface area contributed by atoms with Crippen LogP contribution in [0.4, 0.5) is 11.4 Å². The van der Waals surface area contributed by atoms with Crippen molar-refractivity contribution in [2.24, 2.45) is 23.7 Å². The number of imide groups is 1. The van der Waals surface area contributed by atoms with Crippen LogP contribution in [0.5, 0.6) is 0 Å². The van der Waals surface area contributed by atoms with Gasteiger partial charge in [0.2, 0.25) is 11.8 Å². The number of nitrogens with one attached hydrogen (secondary N) is 1. The number of fused-ring (bicyclic) bond motifs is 5. The average molecular weight is 402 g/mol. The normalized spacial score (nSPS) is 26.2. The number of rotatable bonds is 4. The number of nitrogens with zero attached hydrogens (tertiary/aromatic N) is 1. The van der Waals surface area contributed by atoms with E-state index in [0.717, 1.165) is 6.42 Å². The van der Waals surface area contributed by atoms with Crippen LogP contribution in [-0.4, -0.2) is 28.8 Å². The largest absolute Gasteiger partial charge is 0.478 e. The highest BCUT2D eigenvalue weighted by Crippen LogP contribution is 2.53. The lowest BCUT2D eigenvalue weighted by atomic mass is 9.85. The Kier molecular flexibility index (Phi) is 4.06. The minimum absolute atomic E-state index is 0.120. The van der Waals surface area contributed by atoms with E-state index in [1.807, 2.05) is 12.2 Å². The number of carbonyl (C=O) groups is 4. The van der Waals surface area contributed by atoms with E-state index in [0.29, 0.717) is 16.9 Å². The van der Waals surface area contributed by atoms with Crippen LogP contribution in [0.3, 0.4) is 0 Å². The molecule has 2 aromatic rings. The molecule has 0 spiro atoms. The van der Waals surface area contributed by atoms with Gasteiger partial charge in [0, 0.05) is 11.3 Å². The molecule has 2 bridgehead atoms. The van der Waals surface area contributed by atoms with Gasteiger partial charge in [-0.3, -0.25) is 14.4 Å². The molecule has 2 aromatic carbocycles. The molecular formula is C23H18N2O5. The zero-order valence-electron chi connectivity index (χ0n) is 15.8. The van der Waals surface area contributed by atoms with Crippen LogP contribution in [-0.2, 0) is 9.59 Å². The fourth-order valence-corrected chi connectivity index (χ4v) is 4.84. The van der Waals surface area contributed by atoms with Gasteiger partial charge in [0.1, 0.15) is 0 Å². The molecule has 1 aliphatic heterocycles. The Morgan fingerprint density at radius 2 is 1.53 bits per heavy atom. The summed E-state index contributed by atoms with van der Waals surface area (Å²) in [7, 11) is 0. The van der Waals surface area contributed by atoms with E-state index < -0.39 is 11.9 Å². The smallest absolute Gasteiger partial charge is 0.335 e. The SMILES string of the molecule is O=C(O)c1ccc(NC(=O)c2cccc(N3C(=O)[C@@H]4[C@H](C3=O)[C@H]3C=C[C@H]4C3)c2)cc1. The van der Waals surface area contributed by atoms with Crippen molar-refractivity contribution < 1.29 is 24.3 Å². The van der Waals surface area contributed by atoms with Crippen molar-refractivity contribution in [1.29, 1.82) is 0 Å². The summed E-state index contributed by atoms with van der Waals surface area (Å²) in [4.78, 5) is 50.7. The molecule has 1 heterocycles. The summed E-state index contributed by atoms with van der Waals surface area (Å²) in [6.07, 6.45) is 4.95. The highest BCUT2D eigenvalue weighted by molar-refractivity contribution is 6.23. The first-order valence-corrected chi connectivity index (χ1v) is 9.75. The van der Waals surface area contributed by atoms with E-state index in [9.17, 15) is 19.2 Å². The number of hydrogen-bond acceptors (Lipinski definition) is 4. The van der Waals surface area contributed by atoms with Gasteiger partial charge in [0.25, 0.3) is 5.91 Å². The number of amides is 3. The number of carbonyl (C=O) groups excluding carboxylic acids is 3. The van der Waals surface area contributed by atoms with Gasteiger partial charge >= 0.3 is 5.97 Å². The molecule has 5 rings (SSSR count). The Balaban J connectivity index is 1.37. The lowest BCUT2D eigenvalue weighted by Gasteiger charge is -2.18. The molecule has 3 amide bonds. The monoisotopic (exact) mass is 402 g/mol. The average Bonchev–Trinajstić information content (AvgIpc) is 3.42. The molecule has 2 N–H and O–H groups in total.